The first-order valence-electron chi connectivity index (χ1n) is 6.43. The maximum atomic E-state index is 12.0. The molecule has 22 heavy (non-hydrogen) atoms. The Morgan fingerprint density at radius 2 is 1.86 bits per heavy atom. The number of rotatable bonds is 6. The topological polar surface area (TPSA) is 99.3 Å². The number of carbonyl (C=O) groups excluding carboxylic acids is 1. The van der Waals surface area contributed by atoms with Gasteiger partial charge in [0.15, 0.2) is 5.11 Å². The number of thiocarbonyl (C=S) groups is 1. The van der Waals surface area contributed by atoms with E-state index in [1.165, 1.54) is 12.1 Å². The second-order valence-electron chi connectivity index (χ2n) is 4.13. The Morgan fingerprint density at radius 3 is 2.45 bits per heavy atom. The molecule has 0 unspecified atom stereocenters. The second-order valence-corrected chi connectivity index (χ2v) is 7.23. The van der Waals surface area contributed by atoms with E-state index >= 15 is 0 Å². The maximum absolute atomic E-state index is 12.0. The molecule has 0 aromatic heterocycles. The van der Waals surface area contributed by atoms with Crippen LogP contribution in [0.3, 0.4) is 0 Å². The lowest BCUT2D eigenvalue weighted by atomic mass is 10.4. The van der Waals surface area contributed by atoms with Gasteiger partial charge in [-0.05, 0) is 43.4 Å². The molecule has 0 heterocycles. The molecule has 1 aromatic rings. The summed E-state index contributed by atoms with van der Waals surface area (Å²) in [5.41, 5.74) is 4.87. The summed E-state index contributed by atoms with van der Waals surface area (Å²) in [6.45, 7) is 2.49. The summed E-state index contributed by atoms with van der Waals surface area (Å²) in [6, 6.07) is 6.21. The number of sulfonamides is 1. The molecule has 1 rings (SSSR count). The molecular formula is C12H17BrN4O3S2. The van der Waals surface area contributed by atoms with Crippen molar-refractivity contribution in [1.29, 1.82) is 0 Å². The molecule has 0 aliphatic heterocycles. The highest BCUT2D eigenvalue weighted by Gasteiger charge is 2.13. The van der Waals surface area contributed by atoms with Gasteiger partial charge in [0.2, 0.25) is 15.9 Å². The smallest absolute Gasteiger partial charge is 0.240 e. The Bertz CT molecular complexity index is 620. The van der Waals surface area contributed by atoms with Crippen LogP contribution in [0.2, 0.25) is 0 Å². The van der Waals surface area contributed by atoms with Crippen molar-refractivity contribution in [2.24, 2.45) is 0 Å². The first-order chi connectivity index (χ1) is 10.3. The van der Waals surface area contributed by atoms with Gasteiger partial charge in [-0.15, -0.1) is 0 Å². The van der Waals surface area contributed by atoms with Crippen molar-refractivity contribution in [2.75, 3.05) is 13.1 Å². The van der Waals surface area contributed by atoms with Gasteiger partial charge in [0.1, 0.15) is 0 Å². The Hall–Kier alpha value is -1.23. The summed E-state index contributed by atoms with van der Waals surface area (Å²) in [7, 11) is -3.62. The van der Waals surface area contributed by atoms with Crippen LogP contribution >= 0.6 is 28.1 Å². The van der Waals surface area contributed by atoms with Crippen LogP contribution < -0.4 is 20.9 Å². The Balaban J connectivity index is 2.38. The van der Waals surface area contributed by atoms with E-state index < -0.39 is 10.0 Å². The van der Waals surface area contributed by atoms with Gasteiger partial charge < -0.3 is 5.32 Å². The fraction of sp³-hybridized carbons (Fsp3) is 0.333. The molecule has 0 radical (unpaired) electrons. The normalized spacial score (nSPS) is 10.8. The predicted molar refractivity (Wildman–Crippen MR) is 91.5 cm³/mol. The van der Waals surface area contributed by atoms with E-state index in [9.17, 15) is 13.2 Å². The molecule has 0 saturated heterocycles. The average Bonchev–Trinajstić information content (AvgIpc) is 2.46. The number of hydrogen-bond acceptors (Lipinski definition) is 4. The number of hydrogen-bond donors (Lipinski definition) is 4. The summed E-state index contributed by atoms with van der Waals surface area (Å²) < 4.78 is 27.1. The number of nitrogens with one attached hydrogen (secondary N) is 4. The largest absolute Gasteiger partial charge is 0.362 e. The zero-order chi connectivity index (χ0) is 16.6. The molecule has 1 amide bonds. The Kier molecular flexibility index (Phi) is 7.73. The van der Waals surface area contributed by atoms with Crippen LogP contribution in [0.25, 0.3) is 0 Å². The zero-order valence-corrected chi connectivity index (χ0v) is 15.1. The fourth-order valence-corrected chi connectivity index (χ4v) is 2.88. The molecule has 0 spiro atoms. The van der Waals surface area contributed by atoms with Crippen LogP contribution in [0.15, 0.2) is 33.6 Å². The van der Waals surface area contributed by atoms with Crippen molar-refractivity contribution in [1.82, 2.24) is 20.9 Å². The molecule has 4 N–H and O–H groups in total. The Labute approximate surface area is 143 Å². The highest BCUT2D eigenvalue weighted by atomic mass is 79.9. The second kappa shape index (κ2) is 9.03. The first-order valence-corrected chi connectivity index (χ1v) is 9.11. The third-order valence-corrected chi connectivity index (χ3v) is 4.67. The highest BCUT2D eigenvalue weighted by molar-refractivity contribution is 9.10. The van der Waals surface area contributed by atoms with Gasteiger partial charge in [-0.3, -0.25) is 15.6 Å². The van der Waals surface area contributed by atoms with Crippen LogP contribution in [0.4, 0.5) is 0 Å². The van der Waals surface area contributed by atoms with Crippen LogP contribution in [0, 0.1) is 0 Å². The van der Waals surface area contributed by atoms with Crippen molar-refractivity contribution >= 4 is 49.2 Å². The van der Waals surface area contributed by atoms with E-state index in [1.54, 1.807) is 12.1 Å². The van der Waals surface area contributed by atoms with Gasteiger partial charge in [0.25, 0.3) is 0 Å². The number of halogens is 1. The van der Waals surface area contributed by atoms with Gasteiger partial charge >= 0.3 is 0 Å². The lowest BCUT2D eigenvalue weighted by Gasteiger charge is -2.10. The molecule has 0 fully saturated rings. The van der Waals surface area contributed by atoms with Gasteiger partial charge in [-0.2, -0.15) is 0 Å². The minimum absolute atomic E-state index is 0.0140. The SMILES string of the molecule is CCNC(=S)NNC(=O)CCNS(=O)(=O)c1ccc(Br)cc1. The highest BCUT2D eigenvalue weighted by Crippen LogP contribution is 2.14. The van der Waals surface area contributed by atoms with Crippen LogP contribution in [0.5, 0.6) is 0 Å². The molecular weight excluding hydrogens is 392 g/mol. The van der Waals surface area contributed by atoms with Gasteiger partial charge in [-0.1, -0.05) is 15.9 Å². The maximum Gasteiger partial charge on any atom is 0.240 e. The number of carbonyl (C=O) groups is 1. The van der Waals surface area contributed by atoms with E-state index in [1.807, 2.05) is 6.92 Å². The molecule has 0 saturated carbocycles. The van der Waals surface area contributed by atoms with E-state index in [0.29, 0.717) is 11.7 Å². The lowest BCUT2D eigenvalue weighted by molar-refractivity contribution is -0.121. The molecule has 0 bridgehead atoms. The summed E-state index contributed by atoms with van der Waals surface area (Å²) >= 11 is 8.10. The minimum atomic E-state index is -3.62. The molecule has 0 atom stereocenters. The van der Waals surface area contributed by atoms with Crippen LogP contribution in [-0.4, -0.2) is 32.5 Å². The van der Waals surface area contributed by atoms with E-state index in [4.69, 9.17) is 12.2 Å². The molecule has 1 aromatic carbocycles. The van der Waals surface area contributed by atoms with Gasteiger partial charge in [0.05, 0.1) is 4.90 Å². The summed E-state index contributed by atoms with van der Waals surface area (Å²) in [5.74, 6) is -0.376. The molecule has 0 aliphatic rings. The van der Waals surface area contributed by atoms with Crippen molar-refractivity contribution < 1.29 is 13.2 Å². The predicted octanol–water partition coefficient (Wildman–Crippen LogP) is 0.633. The van der Waals surface area contributed by atoms with E-state index in [0.717, 1.165) is 4.47 Å². The van der Waals surface area contributed by atoms with E-state index in [2.05, 4.69) is 36.8 Å². The van der Waals surface area contributed by atoms with Crippen molar-refractivity contribution in [3.63, 3.8) is 0 Å². The minimum Gasteiger partial charge on any atom is -0.362 e. The number of hydrazine groups is 1. The number of amides is 1. The van der Waals surface area contributed by atoms with E-state index in [-0.39, 0.29) is 23.8 Å². The van der Waals surface area contributed by atoms with Gasteiger partial charge in [-0.25, -0.2) is 13.1 Å². The molecule has 122 valence electrons. The quantitative estimate of drug-likeness (QED) is 0.407. The van der Waals surface area contributed by atoms with Gasteiger partial charge in [0, 0.05) is 24.0 Å². The molecule has 7 nitrogen and oxygen atoms in total. The van der Waals surface area contributed by atoms with Crippen LogP contribution in [-0.2, 0) is 14.8 Å². The first kappa shape index (κ1) is 18.8. The fourth-order valence-electron chi connectivity index (χ4n) is 1.39. The third-order valence-electron chi connectivity index (χ3n) is 2.42. The van der Waals surface area contributed by atoms with Crippen molar-refractivity contribution in [3.8, 4) is 0 Å². The Morgan fingerprint density at radius 1 is 1.23 bits per heavy atom. The molecule has 0 aliphatic carbocycles. The number of benzene rings is 1. The molecule has 10 heteroatoms. The van der Waals surface area contributed by atoms with Crippen molar-refractivity contribution in [3.05, 3.63) is 28.7 Å². The van der Waals surface area contributed by atoms with Crippen LogP contribution in [0.1, 0.15) is 13.3 Å². The van der Waals surface area contributed by atoms with Crippen molar-refractivity contribution in [2.45, 2.75) is 18.2 Å². The monoisotopic (exact) mass is 408 g/mol. The average molecular weight is 409 g/mol. The summed E-state index contributed by atoms with van der Waals surface area (Å²) in [5, 5.41) is 3.10. The standard InChI is InChI=1S/C12H17BrN4O3S2/c1-2-14-12(21)17-16-11(18)7-8-15-22(19,20)10-5-3-9(13)4-6-10/h3-6,15H,2,7-8H2,1H3,(H,16,18)(H2,14,17,21). The third kappa shape index (κ3) is 6.69. The zero-order valence-electron chi connectivity index (χ0n) is 11.8. The summed E-state index contributed by atoms with van der Waals surface area (Å²) in [4.78, 5) is 11.7. The lowest BCUT2D eigenvalue weighted by Crippen LogP contribution is -2.47. The summed E-state index contributed by atoms with van der Waals surface area (Å²) in [6.07, 6.45) is -0.0164.